The van der Waals surface area contributed by atoms with Gasteiger partial charge in [-0.05, 0) is 13.0 Å². The molecule has 0 bridgehead atoms. The molecule has 0 amide bonds. The normalized spacial score (nSPS) is 14.8. The topological polar surface area (TPSA) is 57.6 Å². The standard InChI is InChI=1S/C8H19NO3S/c1-8(7-10)6-9(2)4-5-13(3,11)12/h8,10H,4-7H2,1-3H3. The van der Waals surface area contributed by atoms with Crippen LogP contribution in [0.4, 0.5) is 0 Å². The Morgan fingerprint density at radius 1 is 1.46 bits per heavy atom. The highest BCUT2D eigenvalue weighted by Gasteiger charge is 2.08. The molecule has 1 unspecified atom stereocenters. The van der Waals surface area contributed by atoms with Crippen LogP contribution in [0.5, 0.6) is 0 Å². The molecule has 0 aromatic carbocycles. The molecule has 0 rings (SSSR count). The van der Waals surface area contributed by atoms with E-state index in [1.54, 1.807) is 0 Å². The highest BCUT2D eigenvalue weighted by atomic mass is 32.2. The van der Waals surface area contributed by atoms with Gasteiger partial charge in [-0.2, -0.15) is 0 Å². The number of aliphatic hydroxyl groups is 1. The first-order valence-electron chi connectivity index (χ1n) is 4.32. The van der Waals surface area contributed by atoms with Gasteiger partial charge in [0.05, 0.1) is 5.75 Å². The Bertz CT molecular complexity index is 226. The fourth-order valence-electron chi connectivity index (χ4n) is 1.00. The summed E-state index contributed by atoms with van der Waals surface area (Å²) in [5.74, 6) is 0.381. The molecule has 0 fully saturated rings. The third-order valence-corrected chi connectivity index (χ3v) is 2.70. The maximum atomic E-state index is 10.8. The first kappa shape index (κ1) is 12.9. The largest absolute Gasteiger partial charge is 0.396 e. The van der Waals surface area contributed by atoms with Crippen LogP contribution in [0.2, 0.25) is 0 Å². The van der Waals surface area contributed by atoms with E-state index in [1.165, 1.54) is 6.26 Å². The molecule has 1 atom stereocenters. The van der Waals surface area contributed by atoms with Crippen LogP contribution in [-0.2, 0) is 9.84 Å². The van der Waals surface area contributed by atoms with Crippen molar-refractivity contribution >= 4 is 9.84 Å². The van der Waals surface area contributed by atoms with Gasteiger partial charge < -0.3 is 10.0 Å². The van der Waals surface area contributed by atoms with Crippen molar-refractivity contribution in [2.24, 2.45) is 5.92 Å². The fourth-order valence-corrected chi connectivity index (χ4v) is 1.65. The Balaban J connectivity index is 3.69. The van der Waals surface area contributed by atoms with Crippen LogP contribution in [-0.4, -0.2) is 57.2 Å². The Labute approximate surface area is 80.5 Å². The molecule has 80 valence electrons. The lowest BCUT2D eigenvalue weighted by Gasteiger charge is -2.19. The second kappa shape index (κ2) is 5.57. The molecule has 0 spiro atoms. The predicted octanol–water partition coefficient (Wildman–Crippen LogP) is -0.409. The molecule has 0 heterocycles. The first-order chi connectivity index (χ1) is 5.85. The molecule has 0 saturated carbocycles. The Morgan fingerprint density at radius 3 is 2.38 bits per heavy atom. The van der Waals surface area contributed by atoms with Gasteiger partial charge in [0, 0.05) is 26.0 Å². The fraction of sp³-hybridized carbons (Fsp3) is 1.00. The summed E-state index contributed by atoms with van der Waals surface area (Å²) in [5, 5.41) is 8.77. The van der Waals surface area contributed by atoms with Gasteiger partial charge in [0.2, 0.25) is 0 Å². The van der Waals surface area contributed by atoms with Crippen LogP contribution in [0.25, 0.3) is 0 Å². The molecule has 13 heavy (non-hydrogen) atoms. The quantitative estimate of drug-likeness (QED) is 0.646. The van der Waals surface area contributed by atoms with Crippen molar-refractivity contribution < 1.29 is 13.5 Å². The Morgan fingerprint density at radius 2 is 2.00 bits per heavy atom. The smallest absolute Gasteiger partial charge is 0.148 e. The summed E-state index contributed by atoms with van der Waals surface area (Å²) in [7, 11) is -1.01. The molecule has 0 aromatic heterocycles. The molecule has 0 aliphatic heterocycles. The van der Waals surface area contributed by atoms with Gasteiger partial charge in [0.15, 0.2) is 0 Å². The number of nitrogens with zero attached hydrogens (tertiary/aromatic N) is 1. The van der Waals surface area contributed by atoms with Crippen molar-refractivity contribution in [3.63, 3.8) is 0 Å². The number of aliphatic hydroxyl groups excluding tert-OH is 1. The summed E-state index contributed by atoms with van der Waals surface area (Å²) in [6.45, 7) is 3.33. The first-order valence-corrected chi connectivity index (χ1v) is 6.38. The monoisotopic (exact) mass is 209 g/mol. The lowest BCUT2D eigenvalue weighted by Crippen LogP contribution is -2.30. The van der Waals surface area contributed by atoms with Gasteiger partial charge in [-0.25, -0.2) is 8.42 Å². The van der Waals surface area contributed by atoms with Gasteiger partial charge >= 0.3 is 0 Å². The minimum absolute atomic E-state index is 0.142. The Kier molecular flexibility index (Phi) is 5.51. The van der Waals surface area contributed by atoms with Gasteiger partial charge in [0.25, 0.3) is 0 Å². The van der Waals surface area contributed by atoms with Gasteiger partial charge in [-0.15, -0.1) is 0 Å². The summed E-state index contributed by atoms with van der Waals surface area (Å²) in [6.07, 6.45) is 1.23. The van der Waals surface area contributed by atoms with Crippen molar-refractivity contribution in [1.29, 1.82) is 0 Å². The van der Waals surface area contributed by atoms with Gasteiger partial charge in [0.1, 0.15) is 9.84 Å². The predicted molar refractivity (Wildman–Crippen MR) is 53.5 cm³/mol. The van der Waals surface area contributed by atoms with E-state index in [0.29, 0.717) is 6.54 Å². The van der Waals surface area contributed by atoms with E-state index in [9.17, 15) is 8.42 Å². The molecule has 0 radical (unpaired) electrons. The summed E-state index contributed by atoms with van der Waals surface area (Å²) in [5.41, 5.74) is 0. The maximum Gasteiger partial charge on any atom is 0.148 e. The van der Waals surface area contributed by atoms with E-state index in [4.69, 9.17) is 5.11 Å². The molecule has 0 aliphatic carbocycles. The van der Waals surface area contributed by atoms with Crippen molar-refractivity contribution in [3.05, 3.63) is 0 Å². The zero-order valence-corrected chi connectivity index (χ0v) is 9.34. The molecule has 5 heteroatoms. The molecule has 0 aliphatic rings. The third kappa shape index (κ3) is 8.21. The summed E-state index contributed by atoms with van der Waals surface area (Å²) >= 11 is 0. The molecular weight excluding hydrogens is 190 g/mol. The van der Waals surface area contributed by atoms with Crippen molar-refractivity contribution in [2.75, 3.05) is 38.8 Å². The highest BCUT2D eigenvalue weighted by molar-refractivity contribution is 7.90. The van der Waals surface area contributed by atoms with Crippen molar-refractivity contribution in [3.8, 4) is 0 Å². The van der Waals surface area contributed by atoms with Crippen molar-refractivity contribution in [1.82, 2.24) is 4.90 Å². The molecule has 1 N–H and O–H groups in total. The molecular formula is C8H19NO3S. The Hall–Kier alpha value is -0.130. The van der Waals surface area contributed by atoms with E-state index in [-0.39, 0.29) is 18.3 Å². The average molecular weight is 209 g/mol. The lowest BCUT2D eigenvalue weighted by molar-refractivity contribution is 0.195. The molecule has 0 aromatic rings. The van der Waals surface area contributed by atoms with Crippen LogP contribution in [0.15, 0.2) is 0 Å². The third-order valence-electron chi connectivity index (χ3n) is 1.78. The van der Waals surface area contributed by atoms with Crippen LogP contribution in [0.3, 0.4) is 0 Å². The van der Waals surface area contributed by atoms with E-state index in [2.05, 4.69) is 0 Å². The average Bonchev–Trinajstić information content (AvgIpc) is 1.99. The van der Waals surface area contributed by atoms with Crippen LogP contribution >= 0.6 is 0 Å². The molecule has 4 nitrogen and oxygen atoms in total. The minimum Gasteiger partial charge on any atom is -0.396 e. The second-order valence-corrected chi connectivity index (χ2v) is 5.94. The van der Waals surface area contributed by atoms with Gasteiger partial charge in [-0.3, -0.25) is 0 Å². The lowest BCUT2D eigenvalue weighted by atomic mass is 10.2. The summed E-state index contributed by atoms with van der Waals surface area (Å²) in [4.78, 5) is 1.92. The zero-order valence-electron chi connectivity index (χ0n) is 8.52. The van der Waals surface area contributed by atoms with Crippen LogP contribution in [0, 0.1) is 5.92 Å². The van der Waals surface area contributed by atoms with Crippen molar-refractivity contribution in [2.45, 2.75) is 6.92 Å². The SMILES string of the molecule is CC(CO)CN(C)CCS(C)(=O)=O. The molecule has 0 saturated heterocycles. The number of hydrogen-bond donors (Lipinski definition) is 1. The van der Waals surface area contributed by atoms with E-state index >= 15 is 0 Å². The van der Waals surface area contributed by atoms with E-state index < -0.39 is 9.84 Å². The zero-order chi connectivity index (χ0) is 10.5. The van der Waals surface area contributed by atoms with Crippen LogP contribution in [0.1, 0.15) is 6.92 Å². The van der Waals surface area contributed by atoms with E-state index in [1.807, 2.05) is 18.9 Å². The van der Waals surface area contributed by atoms with Crippen LogP contribution < -0.4 is 0 Å². The summed E-state index contributed by atoms with van der Waals surface area (Å²) < 4.78 is 21.6. The van der Waals surface area contributed by atoms with E-state index in [0.717, 1.165) is 6.54 Å². The van der Waals surface area contributed by atoms with Gasteiger partial charge in [-0.1, -0.05) is 6.92 Å². The highest BCUT2D eigenvalue weighted by Crippen LogP contribution is 1.96. The second-order valence-electron chi connectivity index (χ2n) is 3.68. The summed E-state index contributed by atoms with van der Waals surface area (Å²) in [6, 6.07) is 0. The maximum absolute atomic E-state index is 10.8. The number of sulfone groups is 1. The number of hydrogen-bond acceptors (Lipinski definition) is 4. The number of rotatable bonds is 6. The minimum atomic E-state index is -2.87.